The van der Waals surface area contributed by atoms with Crippen molar-refractivity contribution < 1.29 is 24.5 Å². The maximum Gasteiger partial charge on any atom is 0.305 e. The van der Waals surface area contributed by atoms with Crippen molar-refractivity contribution >= 4 is 11.9 Å². The van der Waals surface area contributed by atoms with Crippen LogP contribution in [-0.4, -0.2) is 47.4 Å². The number of ether oxygens (including phenoxy) is 1. The molecule has 1 amide bonds. The zero-order chi connectivity index (χ0) is 55.7. The standard InChI is InChI=1S/C71H137NO5/c1-3-5-7-9-11-13-15-17-18-19-35-38-41-45-49-53-57-61-65-71(76)77-66-62-58-54-50-46-42-39-36-33-31-29-27-25-23-21-20-22-24-26-28-30-32-34-37-40-44-48-52-56-60-64-70(75)72-68(67-73)69(74)63-59-55-51-47-43-16-14-12-10-8-6-4-2/h21,23,59,63,68-69,73-74H,3-20,22,24-58,60-62,64-67H2,1-2H3,(H,72,75)/b23-21-,63-59+. The Morgan fingerprint density at radius 2 is 0.610 bits per heavy atom. The van der Waals surface area contributed by atoms with Crippen molar-refractivity contribution in [1.29, 1.82) is 0 Å². The minimum absolute atomic E-state index is 0.0218. The van der Waals surface area contributed by atoms with Gasteiger partial charge < -0.3 is 20.3 Å². The largest absolute Gasteiger partial charge is 0.466 e. The Kier molecular flexibility index (Phi) is 65.4. The van der Waals surface area contributed by atoms with Crippen molar-refractivity contribution in [2.24, 2.45) is 0 Å². The van der Waals surface area contributed by atoms with E-state index >= 15 is 0 Å². The lowest BCUT2D eigenvalue weighted by Gasteiger charge is -2.20. The Bertz CT molecular complexity index is 1200. The van der Waals surface area contributed by atoms with Crippen molar-refractivity contribution in [3.63, 3.8) is 0 Å². The fourth-order valence-electron chi connectivity index (χ4n) is 11.1. The quantitative estimate of drug-likeness (QED) is 0.0320. The maximum absolute atomic E-state index is 12.4. The SMILES string of the molecule is CCCCCCCCCCCC/C=C/C(O)C(CO)NC(=O)CCCCCCCCCCCCCCCC/C=C\CCCCCCCCCCCCCCOC(=O)CCCCCCCCCCCCCCCCCCCC. The zero-order valence-corrected chi connectivity index (χ0v) is 52.2. The lowest BCUT2D eigenvalue weighted by Crippen LogP contribution is -2.45. The number of allylic oxidation sites excluding steroid dienone is 3. The molecule has 2 atom stereocenters. The van der Waals surface area contributed by atoms with E-state index in [9.17, 15) is 19.8 Å². The fraction of sp³-hybridized carbons (Fsp3) is 0.915. The Labute approximate surface area is 481 Å². The number of esters is 1. The first-order valence-corrected chi connectivity index (χ1v) is 35.1. The van der Waals surface area contributed by atoms with Crippen molar-refractivity contribution in [3.8, 4) is 0 Å². The van der Waals surface area contributed by atoms with Gasteiger partial charge in [-0.15, -0.1) is 0 Å². The molecule has 0 bridgehead atoms. The van der Waals surface area contributed by atoms with Crippen LogP contribution in [0.1, 0.15) is 393 Å². The molecule has 0 aromatic heterocycles. The van der Waals surface area contributed by atoms with Crippen LogP contribution in [0.15, 0.2) is 24.3 Å². The van der Waals surface area contributed by atoms with Gasteiger partial charge >= 0.3 is 5.97 Å². The molecule has 456 valence electrons. The molecule has 0 rings (SSSR count). The molecule has 0 fully saturated rings. The average Bonchev–Trinajstić information content (AvgIpc) is 3.43. The van der Waals surface area contributed by atoms with Gasteiger partial charge in [0.2, 0.25) is 5.91 Å². The highest BCUT2D eigenvalue weighted by Crippen LogP contribution is 2.19. The lowest BCUT2D eigenvalue weighted by molar-refractivity contribution is -0.143. The molecule has 0 saturated carbocycles. The van der Waals surface area contributed by atoms with Crippen LogP contribution < -0.4 is 5.32 Å². The van der Waals surface area contributed by atoms with Gasteiger partial charge in [0.25, 0.3) is 0 Å². The Balaban J connectivity index is 3.34. The summed E-state index contributed by atoms with van der Waals surface area (Å²) in [7, 11) is 0. The third kappa shape index (κ3) is 63.4. The molecule has 0 aromatic carbocycles. The Morgan fingerprint density at radius 1 is 0.351 bits per heavy atom. The van der Waals surface area contributed by atoms with Crippen LogP contribution in [-0.2, 0) is 14.3 Å². The van der Waals surface area contributed by atoms with E-state index in [2.05, 4.69) is 31.3 Å². The van der Waals surface area contributed by atoms with E-state index in [1.165, 1.54) is 327 Å². The van der Waals surface area contributed by atoms with E-state index in [4.69, 9.17) is 4.74 Å². The third-order valence-corrected chi connectivity index (χ3v) is 16.5. The third-order valence-electron chi connectivity index (χ3n) is 16.5. The van der Waals surface area contributed by atoms with E-state index in [0.717, 1.165) is 38.5 Å². The highest BCUT2D eigenvalue weighted by atomic mass is 16.5. The molecule has 0 aromatic rings. The van der Waals surface area contributed by atoms with Crippen molar-refractivity contribution in [2.45, 2.75) is 405 Å². The van der Waals surface area contributed by atoms with E-state index in [-0.39, 0.29) is 18.5 Å². The first-order valence-electron chi connectivity index (χ1n) is 35.1. The molecule has 0 radical (unpaired) electrons. The number of aliphatic hydroxyl groups excluding tert-OH is 2. The Morgan fingerprint density at radius 3 is 0.922 bits per heavy atom. The van der Waals surface area contributed by atoms with E-state index < -0.39 is 12.1 Å². The summed E-state index contributed by atoms with van der Waals surface area (Å²) in [5.41, 5.74) is 0. The highest BCUT2D eigenvalue weighted by Gasteiger charge is 2.18. The van der Waals surface area contributed by atoms with Gasteiger partial charge in [-0.3, -0.25) is 9.59 Å². The average molecular weight is 1080 g/mol. The van der Waals surface area contributed by atoms with Crippen molar-refractivity contribution in [3.05, 3.63) is 24.3 Å². The minimum Gasteiger partial charge on any atom is -0.466 e. The minimum atomic E-state index is -0.842. The normalized spacial score (nSPS) is 12.6. The van der Waals surface area contributed by atoms with Gasteiger partial charge in [-0.2, -0.15) is 0 Å². The molecule has 2 unspecified atom stereocenters. The number of carbonyl (C=O) groups excluding carboxylic acids is 2. The van der Waals surface area contributed by atoms with E-state index in [1.54, 1.807) is 6.08 Å². The van der Waals surface area contributed by atoms with Crippen LogP contribution in [0.2, 0.25) is 0 Å². The van der Waals surface area contributed by atoms with Crippen LogP contribution in [0.5, 0.6) is 0 Å². The second-order valence-corrected chi connectivity index (χ2v) is 24.2. The van der Waals surface area contributed by atoms with Crippen LogP contribution in [0, 0.1) is 0 Å². The number of carbonyl (C=O) groups is 2. The smallest absolute Gasteiger partial charge is 0.305 e. The van der Waals surface area contributed by atoms with Crippen LogP contribution in [0.3, 0.4) is 0 Å². The number of aliphatic hydroxyl groups is 2. The van der Waals surface area contributed by atoms with Gasteiger partial charge in [0.1, 0.15) is 0 Å². The van der Waals surface area contributed by atoms with Gasteiger partial charge in [0.05, 0.1) is 25.4 Å². The first kappa shape index (κ1) is 75.3. The molecule has 0 heterocycles. The highest BCUT2D eigenvalue weighted by molar-refractivity contribution is 5.76. The second-order valence-electron chi connectivity index (χ2n) is 24.2. The van der Waals surface area contributed by atoms with Crippen molar-refractivity contribution in [2.75, 3.05) is 13.2 Å². The summed E-state index contributed by atoms with van der Waals surface area (Å²) in [4.78, 5) is 24.6. The zero-order valence-electron chi connectivity index (χ0n) is 52.2. The molecule has 77 heavy (non-hydrogen) atoms. The second kappa shape index (κ2) is 66.8. The van der Waals surface area contributed by atoms with Gasteiger partial charge in [-0.25, -0.2) is 0 Å². The molecule has 0 spiro atoms. The maximum atomic E-state index is 12.4. The topological polar surface area (TPSA) is 95.9 Å². The lowest BCUT2D eigenvalue weighted by atomic mass is 10.0. The van der Waals surface area contributed by atoms with Gasteiger partial charge in [-0.05, 0) is 57.8 Å². The number of hydrogen-bond donors (Lipinski definition) is 3. The van der Waals surface area contributed by atoms with Crippen LogP contribution in [0.4, 0.5) is 0 Å². The predicted molar refractivity (Wildman–Crippen MR) is 338 cm³/mol. The number of nitrogens with one attached hydrogen (secondary N) is 1. The summed E-state index contributed by atoms with van der Waals surface area (Å²) in [6, 6.07) is -0.625. The molecule has 0 aliphatic carbocycles. The van der Waals surface area contributed by atoms with E-state index in [0.29, 0.717) is 19.4 Å². The summed E-state index contributed by atoms with van der Waals surface area (Å²) in [6.45, 7) is 4.93. The monoisotopic (exact) mass is 1080 g/mol. The molecule has 0 aliphatic rings. The number of unbranched alkanes of at least 4 members (excludes halogenated alkanes) is 53. The predicted octanol–water partition coefficient (Wildman–Crippen LogP) is 22.5. The number of amides is 1. The number of rotatable bonds is 66. The summed E-state index contributed by atoms with van der Waals surface area (Å²) >= 11 is 0. The fourth-order valence-corrected chi connectivity index (χ4v) is 11.1. The Hall–Kier alpha value is -1.66. The molecule has 6 nitrogen and oxygen atoms in total. The van der Waals surface area contributed by atoms with Gasteiger partial charge in [0, 0.05) is 12.8 Å². The first-order chi connectivity index (χ1) is 38.0. The summed E-state index contributed by atoms with van der Waals surface area (Å²) in [5.74, 6) is -0.0437. The van der Waals surface area contributed by atoms with Crippen molar-refractivity contribution in [1.82, 2.24) is 5.32 Å². The molecule has 0 saturated heterocycles. The molecule has 6 heteroatoms. The molecule has 3 N–H and O–H groups in total. The van der Waals surface area contributed by atoms with Gasteiger partial charge in [-0.1, -0.05) is 346 Å². The summed E-state index contributed by atoms with van der Waals surface area (Å²) in [6.07, 6.45) is 84.1. The number of hydrogen-bond acceptors (Lipinski definition) is 5. The molecular formula is C71H137NO5. The van der Waals surface area contributed by atoms with E-state index in [1.807, 2.05) is 6.08 Å². The molecule has 0 aliphatic heterocycles. The van der Waals surface area contributed by atoms with Crippen LogP contribution in [0.25, 0.3) is 0 Å². The summed E-state index contributed by atoms with van der Waals surface area (Å²) in [5, 5.41) is 23.1. The van der Waals surface area contributed by atoms with Crippen LogP contribution >= 0.6 is 0 Å². The van der Waals surface area contributed by atoms with Gasteiger partial charge in [0.15, 0.2) is 0 Å². The summed E-state index contributed by atoms with van der Waals surface area (Å²) < 4.78 is 5.51. The molecular weight excluding hydrogens is 947 g/mol.